The summed E-state index contributed by atoms with van der Waals surface area (Å²) in [6.45, 7) is 10.3. The molecule has 6 nitrogen and oxygen atoms in total. The second kappa shape index (κ2) is 6.68. The highest BCUT2D eigenvalue weighted by molar-refractivity contribution is 5.69. The summed E-state index contributed by atoms with van der Waals surface area (Å²) in [5.41, 5.74) is -1.38. The Morgan fingerprint density at radius 1 is 0.864 bits per heavy atom. The first kappa shape index (κ1) is 17.8. The highest BCUT2D eigenvalue weighted by Gasteiger charge is 2.22. The van der Waals surface area contributed by atoms with Crippen molar-refractivity contribution in [1.82, 2.24) is 0 Å². The van der Waals surface area contributed by atoms with Crippen molar-refractivity contribution in [2.75, 3.05) is 0 Å². The molecule has 22 heavy (non-hydrogen) atoms. The van der Waals surface area contributed by atoms with E-state index in [0.717, 1.165) is 0 Å². The van der Waals surface area contributed by atoms with E-state index in [-0.39, 0.29) is 11.5 Å². The van der Waals surface area contributed by atoms with Gasteiger partial charge in [0.05, 0.1) is 0 Å². The molecular weight excluding hydrogens is 288 g/mol. The van der Waals surface area contributed by atoms with E-state index in [0.29, 0.717) is 0 Å². The zero-order chi connectivity index (χ0) is 17.0. The average molecular weight is 309 g/mol. The lowest BCUT2D eigenvalue weighted by atomic mass is 10.2. The summed E-state index contributed by atoms with van der Waals surface area (Å²) in [4.78, 5) is 23.3. The number of rotatable bonds is 2. The lowest BCUT2D eigenvalue weighted by Gasteiger charge is -2.20. The largest absolute Gasteiger partial charge is 0.514 e. The molecule has 0 amide bonds. The predicted molar refractivity (Wildman–Crippen MR) is 79.0 cm³/mol. The Morgan fingerprint density at radius 2 is 1.32 bits per heavy atom. The van der Waals surface area contributed by atoms with Crippen molar-refractivity contribution in [3.8, 4) is 11.5 Å². The van der Waals surface area contributed by atoms with E-state index < -0.39 is 23.5 Å². The van der Waals surface area contributed by atoms with Crippen molar-refractivity contribution in [3.05, 3.63) is 24.3 Å². The summed E-state index contributed by atoms with van der Waals surface area (Å²) in [5.74, 6) is 0.0569. The van der Waals surface area contributed by atoms with Crippen molar-refractivity contribution in [1.29, 1.82) is 0 Å². The van der Waals surface area contributed by atoms with Crippen LogP contribution in [0, 0.1) is 6.07 Å². The molecule has 0 saturated heterocycles. The van der Waals surface area contributed by atoms with Gasteiger partial charge in [-0.2, -0.15) is 0 Å². The Hall–Kier alpha value is -2.24. The van der Waals surface area contributed by atoms with Crippen LogP contribution in [0.4, 0.5) is 9.59 Å². The van der Waals surface area contributed by atoms with Gasteiger partial charge in [0, 0.05) is 0 Å². The SMILES string of the molecule is CC(C)(C)OC(=O)Oc1c[c]ccc1OC(=O)OC(C)(C)C. The summed E-state index contributed by atoms with van der Waals surface area (Å²) in [7, 11) is 0. The minimum absolute atomic E-state index is 0.0163. The van der Waals surface area contributed by atoms with Gasteiger partial charge in [-0.25, -0.2) is 9.59 Å². The Morgan fingerprint density at radius 3 is 1.77 bits per heavy atom. The first-order chi connectivity index (χ1) is 9.96. The molecule has 1 aromatic rings. The predicted octanol–water partition coefficient (Wildman–Crippen LogP) is 4.11. The summed E-state index contributed by atoms with van der Waals surface area (Å²) in [6, 6.07) is 7.04. The molecule has 0 spiro atoms. The molecule has 0 unspecified atom stereocenters. The summed E-state index contributed by atoms with van der Waals surface area (Å²) in [6.07, 6.45) is -1.80. The number of benzene rings is 1. The molecule has 0 aliphatic heterocycles. The van der Waals surface area contributed by atoms with Gasteiger partial charge in [0.25, 0.3) is 0 Å². The molecule has 1 rings (SSSR count). The summed E-state index contributed by atoms with van der Waals surface area (Å²) >= 11 is 0. The number of carbonyl (C=O) groups excluding carboxylic acids is 2. The second-order valence-electron chi connectivity index (χ2n) is 6.51. The zero-order valence-corrected chi connectivity index (χ0v) is 13.7. The van der Waals surface area contributed by atoms with Crippen LogP contribution in [0.15, 0.2) is 18.2 Å². The first-order valence-corrected chi connectivity index (χ1v) is 6.78. The van der Waals surface area contributed by atoms with E-state index in [1.54, 1.807) is 41.5 Å². The van der Waals surface area contributed by atoms with Crippen LogP contribution >= 0.6 is 0 Å². The van der Waals surface area contributed by atoms with Crippen LogP contribution in [0.2, 0.25) is 0 Å². The minimum atomic E-state index is -0.902. The first-order valence-electron chi connectivity index (χ1n) is 6.78. The number of ether oxygens (including phenoxy) is 4. The van der Waals surface area contributed by atoms with Crippen LogP contribution < -0.4 is 9.47 Å². The maximum atomic E-state index is 11.7. The van der Waals surface area contributed by atoms with Crippen LogP contribution in [0.5, 0.6) is 11.5 Å². The number of carbonyl (C=O) groups is 2. The molecule has 0 bridgehead atoms. The van der Waals surface area contributed by atoms with Gasteiger partial charge >= 0.3 is 12.3 Å². The van der Waals surface area contributed by atoms with E-state index in [2.05, 4.69) is 6.07 Å². The van der Waals surface area contributed by atoms with Crippen molar-refractivity contribution in [2.24, 2.45) is 0 Å². The molecule has 0 N–H and O–H groups in total. The quantitative estimate of drug-likeness (QED) is 0.604. The van der Waals surface area contributed by atoms with E-state index in [1.165, 1.54) is 18.2 Å². The molecule has 0 aliphatic carbocycles. The topological polar surface area (TPSA) is 71.1 Å². The van der Waals surface area contributed by atoms with E-state index in [1.807, 2.05) is 0 Å². The van der Waals surface area contributed by atoms with E-state index >= 15 is 0 Å². The van der Waals surface area contributed by atoms with Gasteiger partial charge in [-0.05, 0) is 59.7 Å². The maximum Gasteiger partial charge on any atom is 0.514 e. The fraction of sp³-hybridized carbons (Fsp3) is 0.500. The third kappa shape index (κ3) is 6.97. The normalized spacial score (nSPS) is 11.5. The van der Waals surface area contributed by atoms with Gasteiger partial charge in [0.1, 0.15) is 11.2 Å². The van der Waals surface area contributed by atoms with Crippen LogP contribution in [-0.4, -0.2) is 23.5 Å². The van der Waals surface area contributed by atoms with Gasteiger partial charge in [-0.3, -0.25) is 0 Å². The monoisotopic (exact) mass is 309 g/mol. The summed E-state index contributed by atoms with van der Waals surface area (Å²) in [5, 5.41) is 0. The number of hydrogen-bond donors (Lipinski definition) is 0. The Labute approximate surface area is 130 Å². The Kier molecular flexibility index (Phi) is 5.41. The maximum absolute atomic E-state index is 11.7. The van der Waals surface area contributed by atoms with Crippen molar-refractivity contribution < 1.29 is 28.5 Å². The molecule has 0 atom stereocenters. The third-order valence-electron chi connectivity index (χ3n) is 1.95. The van der Waals surface area contributed by atoms with E-state index in [9.17, 15) is 9.59 Å². The van der Waals surface area contributed by atoms with Crippen molar-refractivity contribution in [3.63, 3.8) is 0 Å². The molecule has 6 heteroatoms. The lowest BCUT2D eigenvalue weighted by molar-refractivity contribution is 0.0137. The van der Waals surface area contributed by atoms with Gasteiger partial charge in [0.15, 0.2) is 11.5 Å². The molecule has 1 aromatic carbocycles. The van der Waals surface area contributed by atoms with Gasteiger partial charge in [-0.1, -0.05) is 6.07 Å². The highest BCUT2D eigenvalue weighted by atomic mass is 16.8. The van der Waals surface area contributed by atoms with Gasteiger partial charge in [-0.15, -0.1) is 0 Å². The third-order valence-corrected chi connectivity index (χ3v) is 1.95. The lowest BCUT2D eigenvalue weighted by Crippen LogP contribution is -2.27. The average Bonchev–Trinajstić information content (AvgIpc) is 2.26. The molecule has 121 valence electrons. The van der Waals surface area contributed by atoms with Crippen LogP contribution in [0.1, 0.15) is 41.5 Å². The van der Waals surface area contributed by atoms with Crippen molar-refractivity contribution in [2.45, 2.75) is 52.7 Å². The molecule has 0 heterocycles. The van der Waals surface area contributed by atoms with Crippen LogP contribution in [0.3, 0.4) is 0 Å². The van der Waals surface area contributed by atoms with Gasteiger partial charge < -0.3 is 18.9 Å². The zero-order valence-electron chi connectivity index (χ0n) is 13.7. The standard InChI is InChI=1S/C16H21O6/c1-15(2,3)21-13(17)19-11-9-7-8-10-12(11)20-14(18)22-16(4,5)6/h7,9-10H,1-6H3. The Balaban J connectivity index is 2.78. The molecule has 0 fully saturated rings. The highest BCUT2D eigenvalue weighted by Crippen LogP contribution is 2.28. The fourth-order valence-corrected chi connectivity index (χ4v) is 1.29. The Bertz CT molecular complexity index is 487. The molecule has 0 saturated carbocycles. The van der Waals surface area contributed by atoms with Crippen LogP contribution in [0.25, 0.3) is 0 Å². The molecule has 0 aromatic heterocycles. The number of hydrogen-bond acceptors (Lipinski definition) is 6. The smallest absolute Gasteiger partial charge is 0.428 e. The molecule has 0 aliphatic rings. The van der Waals surface area contributed by atoms with Gasteiger partial charge in [0.2, 0.25) is 0 Å². The fourth-order valence-electron chi connectivity index (χ4n) is 1.29. The molecular formula is C16H21O6. The summed E-state index contributed by atoms with van der Waals surface area (Å²) < 4.78 is 20.1. The second-order valence-corrected chi connectivity index (χ2v) is 6.51. The minimum Gasteiger partial charge on any atom is -0.428 e. The molecule has 1 radical (unpaired) electrons. The van der Waals surface area contributed by atoms with Crippen molar-refractivity contribution >= 4 is 12.3 Å². The van der Waals surface area contributed by atoms with Crippen LogP contribution in [-0.2, 0) is 9.47 Å². The van der Waals surface area contributed by atoms with E-state index in [4.69, 9.17) is 18.9 Å².